The molecule has 0 amide bonds. The number of halogens is 2. The Hall–Kier alpha value is -1.94. The second kappa shape index (κ2) is 6.01. The number of nitrogens with zero attached hydrogens (tertiary/aromatic N) is 1. The van der Waals surface area contributed by atoms with Gasteiger partial charge < -0.3 is 4.74 Å². The van der Waals surface area contributed by atoms with Gasteiger partial charge in [-0.1, -0.05) is 11.6 Å². The molecular formula is C15H13ClFNO2. The molecule has 20 heavy (non-hydrogen) atoms. The van der Waals surface area contributed by atoms with Crippen LogP contribution in [0.25, 0.3) is 0 Å². The monoisotopic (exact) mass is 293 g/mol. The smallest absolute Gasteiger partial charge is 0.194 e. The molecule has 0 unspecified atom stereocenters. The lowest BCUT2D eigenvalue weighted by Gasteiger charge is -2.10. The van der Waals surface area contributed by atoms with Crippen molar-refractivity contribution in [3.8, 4) is 5.75 Å². The molecule has 0 N–H and O–H groups in total. The predicted molar refractivity (Wildman–Crippen MR) is 74.8 cm³/mol. The van der Waals surface area contributed by atoms with Crippen molar-refractivity contribution in [2.24, 2.45) is 0 Å². The van der Waals surface area contributed by atoms with Crippen molar-refractivity contribution in [3.05, 3.63) is 58.6 Å². The molecule has 2 aromatic rings. The van der Waals surface area contributed by atoms with E-state index in [0.29, 0.717) is 16.9 Å². The molecule has 0 fully saturated rings. The zero-order chi connectivity index (χ0) is 14.7. The average Bonchev–Trinajstić information content (AvgIpc) is 2.40. The zero-order valence-corrected chi connectivity index (χ0v) is 11.8. The molecule has 0 aliphatic heterocycles. The van der Waals surface area contributed by atoms with Crippen molar-refractivity contribution < 1.29 is 13.9 Å². The van der Waals surface area contributed by atoms with E-state index in [2.05, 4.69) is 4.98 Å². The number of aromatic nitrogens is 1. The van der Waals surface area contributed by atoms with Gasteiger partial charge in [-0.2, -0.15) is 0 Å². The normalized spacial score (nSPS) is 10.7. The van der Waals surface area contributed by atoms with Gasteiger partial charge in [-0.05, 0) is 38.1 Å². The van der Waals surface area contributed by atoms with Crippen LogP contribution in [-0.4, -0.2) is 16.9 Å². The van der Waals surface area contributed by atoms with E-state index in [1.54, 1.807) is 6.07 Å². The largest absolute Gasteiger partial charge is 0.489 e. The highest BCUT2D eigenvalue weighted by atomic mass is 35.5. The predicted octanol–water partition coefficient (Wildman–Crippen LogP) is 3.89. The van der Waals surface area contributed by atoms with Crippen LogP contribution in [0.15, 0.2) is 36.7 Å². The van der Waals surface area contributed by atoms with Crippen molar-refractivity contribution in [2.45, 2.75) is 20.0 Å². The summed E-state index contributed by atoms with van der Waals surface area (Å²) in [6.07, 6.45) is 2.96. The van der Waals surface area contributed by atoms with Crippen LogP contribution in [-0.2, 0) is 0 Å². The van der Waals surface area contributed by atoms with Crippen LogP contribution in [0.5, 0.6) is 5.75 Å². The first-order valence-electron chi connectivity index (χ1n) is 6.09. The average molecular weight is 294 g/mol. The molecule has 0 radical (unpaired) electrons. The van der Waals surface area contributed by atoms with Crippen molar-refractivity contribution in [2.75, 3.05) is 0 Å². The summed E-state index contributed by atoms with van der Waals surface area (Å²) in [6, 6.07) is 5.46. The van der Waals surface area contributed by atoms with Gasteiger partial charge in [-0.25, -0.2) is 4.39 Å². The van der Waals surface area contributed by atoms with Crippen LogP contribution >= 0.6 is 11.6 Å². The SMILES string of the molecule is CC(C)Oc1cncc(C(=O)c2ccc(F)c(Cl)c2)c1. The van der Waals surface area contributed by atoms with Crippen molar-refractivity contribution in [3.63, 3.8) is 0 Å². The molecule has 0 atom stereocenters. The fraction of sp³-hybridized carbons (Fsp3) is 0.200. The summed E-state index contributed by atoms with van der Waals surface area (Å²) in [6.45, 7) is 3.77. The van der Waals surface area contributed by atoms with Crippen LogP contribution < -0.4 is 4.74 Å². The first-order chi connectivity index (χ1) is 9.47. The van der Waals surface area contributed by atoms with Gasteiger partial charge in [0, 0.05) is 17.3 Å². The van der Waals surface area contributed by atoms with Crippen LogP contribution in [0.2, 0.25) is 5.02 Å². The molecular weight excluding hydrogens is 281 g/mol. The highest BCUT2D eigenvalue weighted by Gasteiger charge is 2.13. The zero-order valence-electron chi connectivity index (χ0n) is 11.1. The Morgan fingerprint density at radius 3 is 2.65 bits per heavy atom. The van der Waals surface area contributed by atoms with E-state index in [0.717, 1.165) is 6.07 Å². The van der Waals surface area contributed by atoms with Crippen molar-refractivity contribution in [1.29, 1.82) is 0 Å². The molecule has 0 aliphatic rings. The molecule has 5 heteroatoms. The van der Waals surface area contributed by atoms with Gasteiger partial charge in [0.1, 0.15) is 11.6 Å². The number of rotatable bonds is 4. The highest BCUT2D eigenvalue weighted by molar-refractivity contribution is 6.31. The van der Waals surface area contributed by atoms with Gasteiger partial charge in [-0.15, -0.1) is 0 Å². The molecule has 104 valence electrons. The first kappa shape index (κ1) is 14.5. The number of ether oxygens (including phenoxy) is 1. The Balaban J connectivity index is 2.30. The third kappa shape index (κ3) is 3.33. The van der Waals surface area contributed by atoms with Gasteiger partial charge in [-0.3, -0.25) is 9.78 Å². The Morgan fingerprint density at radius 2 is 2.00 bits per heavy atom. The van der Waals surface area contributed by atoms with Gasteiger partial charge in [0.25, 0.3) is 0 Å². The Labute approximate surface area is 121 Å². The molecule has 0 bridgehead atoms. The van der Waals surface area contributed by atoms with Crippen molar-refractivity contribution >= 4 is 17.4 Å². The maximum atomic E-state index is 13.1. The highest BCUT2D eigenvalue weighted by Crippen LogP contribution is 2.20. The number of benzene rings is 1. The molecule has 0 aliphatic carbocycles. The molecule has 1 aromatic heterocycles. The van der Waals surface area contributed by atoms with E-state index in [-0.39, 0.29) is 16.9 Å². The Bertz CT molecular complexity index is 644. The maximum Gasteiger partial charge on any atom is 0.194 e. The lowest BCUT2D eigenvalue weighted by Crippen LogP contribution is -2.08. The van der Waals surface area contributed by atoms with Gasteiger partial charge >= 0.3 is 0 Å². The number of carbonyl (C=O) groups is 1. The Kier molecular flexibility index (Phi) is 4.35. The standard InChI is InChI=1S/C15H13ClFNO2/c1-9(2)20-12-5-11(7-18-8-12)15(19)10-3-4-14(17)13(16)6-10/h3-9H,1-2H3. The third-order valence-electron chi connectivity index (χ3n) is 2.53. The molecule has 1 heterocycles. The first-order valence-corrected chi connectivity index (χ1v) is 6.46. The lowest BCUT2D eigenvalue weighted by atomic mass is 10.1. The molecule has 0 saturated heterocycles. The summed E-state index contributed by atoms with van der Waals surface area (Å²) in [7, 11) is 0. The van der Waals surface area contributed by atoms with Crippen LogP contribution in [0.1, 0.15) is 29.8 Å². The number of pyridine rings is 1. The lowest BCUT2D eigenvalue weighted by molar-refractivity contribution is 0.103. The van der Waals surface area contributed by atoms with E-state index in [1.807, 2.05) is 13.8 Å². The minimum Gasteiger partial charge on any atom is -0.489 e. The number of carbonyl (C=O) groups excluding carboxylic acids is 1. The summed E-state index contributed by atoms with van der Waals surface area (Å²) in [5, 5.41) is -0.0848. The second-order valence-electron chi connectivity index (χ2n) is 4.53. The maximum absolute atomic E-state index is 13.1. The quantitative estimate of drug-likeness (QED) is 0.803. The van der Waals surface area contributed by atoms with Crippen LogP contribution in [0.4, 0.5) is 4.39 Å². The number of hydrogen-bond acceptors (Lipinski definition) is 3. The van der Waals surface area contributed by atoms with Crippen molar-refractivity contribution in [1.82, 2.24) is 4.98 Å². The van der Waals surface area contributed by atoms with Gasteiger partial charge in [0.05, 0.1) is 17.3 Å². The minimum absolute atomic E-state index is 0.0117. The van der Waals surface area contributed by atoms with Crippen LogP contribution in [0, 0.1) is 5.82 Å². The topological polar surface area (TPSA) is 39.2 Å². The summed E-state index contributed by atoms with van der Waals surface area (Å²) in [4.78, 5) is 16.2. The van der Waals surface area contributed by atoms with Gasteiger partial charge in [0.2, 0.25) is 0 Å². The second-order valence-corrected chi connectivity index (χ2v) is 4.94. The third-order valence-corrected chi connectivity index (χ3v) is 2.82. The van der Waals surface area contributed by atoms with E-state index in [9.17, 15) is 9.18 Å². The van der Waals surface area contributed by atoms with E-state index < -0.39 is 5.82 Å². The Morgan fingerprint density at radius 1 is 1.25 bits per heavy atom. The number of hydrogen-bond donors (Lipinski definition) is 0. The summed E-state index contributed by atoms with van der Waals surface area (Å²) in [5.41, 5.74) is 0.672. The summed E-state index contributed by atoms with van der Waals surface area (Å²) < 4.78 is 18.6. The minimum atomic E-state index is -0.557. The summed E-state index contributed by atoms with van der Waals surface area (Å²) in [5.74, 6) is -0.328. The van der Waals surface area contributed by atoms with E-state index >= 15 is 0 Å². The molecule has 3 nitrogen and oxygen atoms in total. The summed E-state index contributed by atoms with van der Waals surface area (Å²) >= 11 is 5.68. The molecule has 0 saturated carbocycles. The molecule has 1 aromatic carbocycles. The van der Waals surface area contributed by atoms with Crippen LogP contribution in [0.3, 0.4) is 0 Å². The van der Waals surface area contributed by atoms with E-state index in [4.69, 9.17) is 16.3 Å². The number of ketones is 1. The molecule has 2 rings (SSSR count). The molecule has 0 spiro atoms. The van der Waals surface area contributed by atoms with E-state index in [1.165, 1.54) is 24.5 Å². The fourth-order valence-electron chi connectivity index (χ4n) is 1.68. The fourth-order valence-corrected chi connectivity index (χ4v) is 1.86. The van der Waals surface area contributed by atoms with Gasteiger partial charge in [0.15, 0.2) is 5.78 Å².